The number of H-pyrrole nitrogens is 1. The van der Waals surface area contributed by atoms with E-state index in [0.717, 1.165) is 27.4 Å². The Morgan fingerprint density at radius 1 is 1.47 bits per heavy atom. The van der Waals surface area contributed by atoms with Crippen LogP contribution >= 0.6 is 0 Å². The van der Waals surface area contributed by atoms with Gasteiger partial charge in [0.15, 0.2) is 0 Å². The molecule has 1 aromatic carbocycles. The molecule has 5 nitrogen and oxygen atoms in total. The molecule has 0 bridgehead atoms. The summed E-state index contributed by atoms with van der Waals surface area (Å²) in [5, 5.41) is 10.0. The third-order valence-corrected chi connectivity index (χ3v) is 3.54. The van der Waals surface area contributed by atoms with Gasteiger partial charge < -0.3 is 9.30 Å². The molecule has 0 spiro atoms. The molecule has 2 aromatic heterocycles. The number of benzene rings is 1. The van der Waals surface area contributed by atoms with Crippen molar-refractivity contribution in [2.75, 3.05) is 6.61 Å². The summed E-state index contributed by atoms with van der Waals surface area (Å²) in [6.45, 7) is 4.17. The minimum absolute atomic E-state index is 0.290. The maximum atomic E-state index is 12.1. The molecule has 0 aliphatic rings. The number of hydrogen-bond acceptors (Lipinski definition) is 3. The van der Waals surface area contributed by atoms with E-state index in [1.807, 2.05) is 37.6 Å². The van der Waals surface area contributed by atoms with Crippen molar-refractivity contribution in [3.05, 3.63) is 29.7 Å². The first-order chi connectivity index (χ1) is 9.15. The van der Waals surface area contributed by atoms with Crippen molar-refractivity contribution in [3.63, 3.8) is 0 Å². The summed E-state index contributed by atoms with van der Waals surface area (Å²) < 4.78 is 7.02. The number of aromatic nitrogens is 3. The zero-order chi connectivity index (χ0) is 13.6. The first kappa shape index (κ1) is 11.8. The van der Waals surface area contributed by atoms with Gasteiger partial charge in [0, 0.05) is 28.9 Å². The Hall–Kier alpha value is -2.30. The van der Waals surface area contributed by atoms with Crippen molar-refractivity contribution in [1.29, 1.82) is 0 Å². The molecular weight excluding hydrogens is 242 g/mol. The second kappa shape index (κ2) is 4.12. The number of rotatable bonds is 2. The van der Waals surface area contributed by atoms with Crippen molar-refractivity contribution in [2.24, 2.45) is 7.05 Å². The molecule has 0 saturated carbocycles. The first-order valence-electron chi connectivity index (χ1n) is 6.23. The van der Waals surface area contributed by atoms with Gasteiger partial charge in [0.1, 0.15) is 5.69 Å². The monoisotopic (exact) mass is 257 g/mol. The second-order valence-corrected chi connectivity index (χ2v) is 4.54. The fraction of sp³-hybridized carbons (Fsp3) is 0.286. The van der Waals surface area contributed by atoms with Gasteiger partial charge in [-0.15, -0.1) is 0 Å². The zero-order valence-electron chi connectivity index (χ0n) is 11.2. The Labute approximate surface area is 110 Å². The predicted molar refractivity (Wildman–Crippen MR) is 73.3 cm³/mol. The summed E-state index contributed by atoms with van der Waals surface area (Å²) >= 11 is 0. The van der Waals surface area contributed by atoms with Gasteiger partial charge in [0.2, 0.25) is 0 Å². The van der Waals surface area contributed by atoms with Gasteiger partial charge in [-0.3, -0.25) is 5.10 Å². The molecule has 3 aromatic rings. The topological polar surface area (TPSA) is 59.9 Å². The largest absolute Gasteiger partial charge is 0.461 e. The van der Waals surface area contributed by atoms with E-state index in [-0.39, 0.29) is 5.97 Å². The highest BCUT2D eigenvalue weighted by Gasteiger charge is 2.21. The number of fused-ring (bicyclic) bond motifs is 3. The molecular formula is C14H15N3O2. The van der Waals surface area contributed by atoms with E-state index in [1.54, 1.807) is 6.20 Å². The second-order valence-electron chi connectivity index (χ2n) is 4.54. The van der Waals surface area contributed by atoms with E-state index < -0.39 is 0 Å². The van der Waals surface area contributed by atoms with Gasteiger partial charge in [-0.1, -0.05) is 12.1 Å². The number of nitrogens with zero attached hydrogens (tertiary/aromatic N) is 2. The van der Waals surface area contributed by atoms with E-state index >= 15 is 0 Å². The van der Waals surface area contributed by atoms with E-state index in [1.165, 1.54) is 0 Å². The van der Waals surface area contributed by atoms with Crippen LogP contribution in [0.2, 0.25) is 0 Å². The van der Waals surface area contributed by atoms with Crippen molar-refractivity contribution < 1.29 is 9.53 Å². The third kappa shape index (κ3) is 1.54. The highest BCUT2D eigenvalue weighted by Crippen LogP contribution is 2.31. The van der Waals surface area contributed by atoms with E-state index in [9.17, 15) is 4.79 Å². The molecule has 0 fully saturated rings. The molecule has 0 aliphatic heterocycles. The van der Waals surface area contributed by atoms with Crippen LogP contribution in [0.5, 0.6) is 0 Å². The molecule has 5 heteroatoms. The number of ether oxygens (including phenoxy) is 1. The Kier molecular flexibility index (Phi) is 2.55. The van der Waals surface area contributed by atoms with Gasteiger partial charge in [-0.05, 0) is 13.8 Å². The molecule has 0 saturated heterocycles. The molecule has 3 rings (SSSR count). The van der Waals surface area contributed by atoms with Crippen LogP contribution in [0.15, 0.2) is 18.3 Å². The Bertz CT molecular complexity index is 783. The molecule has 1 N–H and O–H groups in total. The molecule has 19 heavy (non-hydrogen) atoms. The van der Waals surface area contributed by atoms with E-state index in [2.05, 4.69) is 10.2 Å². The average Bonchev–Trinajstić information content (AvgIpc) is 2.94. The average molecular weight is 257 g/mol. The van der Waals surface area contributed by atoms with Crippen LogP contribution in [0.3, 0.4) is 0 Å². The quantitative estimate of drug-likeness (QED) is 0.718. The maximum Gasteiger partial charge on any atom is 0.355 e. The van der Waals surface area contributed by atoms with E-state index in [4.69, 9.17) is 4.74 Å². The van der Waals surface area contributed by atoms with Gasteiger partial charge in [0.25, 0.3) is 0 Å². The predicted octanol–water partition coefficient (Wildman–Crippen LogP) is 2.54. The Morgan fingerprint density at radius 2 is 2.26 bits per heavy atom. The van der Waals surface area contributed by atoms with Gasteiger partial charge in [-0.2, -0.15) is 5.10 Å². The summed E-state index contributed by atoms with van der Waals surface area (Å²) in [4.78, 5) is 12.1. The lowest BCUT2D eigenvalue weighted by atomic mass is 10.1. The highest BCUT2D eigenvalue weighted by molar-refractivity contribution is 6.14. The summed E-state index contributed by atoms with van der Waals surface area (Å²) in [5.74, 6) is -0.290. The number of carbonyl (C=O) groups excluding carboxylic acids is 1. The van der Waals surface area contributed by atoms with Crippen LogP contribution < -0.4 is 0 Å². The fourth-order valence-electron chi connectivity index (χ4n) is 2.55. The van der Waals surface area contributed by atoms with Crippen LogP contribution in [-0.2, 0) is 11.8 Å². The number of aryl methyl sites for hydroxylation is 1. The number of carbonyl (C=O) groups is 1. The zero-order valence-corrected chi connectivity index (χ0v) is 11.2. The summed E-state index contributed by atoms with van der Waals surface area (Å²) in [5.41, 5.74) is 2.57. The maximum absolute atomic E-state index is 12.1. The number of aromatic amines is 1. The number of esters is 1. The van der Waals surface area contributed by atoms with Crippen molar-refractivity contribution >= 4 is 27.6 Å². The Balaban J connectivity index is 2.40. The standard InChI is InChI=1S/C14H15N3O2/c1-4-19-14(18)13-10-6-5-9-7-15-16-12(9)11(10)8(2)17(13)3/h5-7H,4H2,1-3H3,(H,15,16). The molecule has 0 aliphatic carbocycles. The lowest BCUT2D eigenvalue weighted by molar-refractivity contribution is 0.0517. The minimum atomic E-state index is -0.290. The van der Waals surface area contributed by atoms with Crippen molar-refractivity contribution in [2.45, 2.75) is 13.8 Å². The molecule has 98 valence electrons. The normalized spacial score (nSPS) is 11.3. The first-order valence-corrected chi connectivity index (χ1v) is 6.23. The highest BCUT2D eigenvalue weighted by atomic mass is 16.5. The van der Waals surface area contributed by atoms with Crippen LogP contribution in [-0.4, -0.2) is 27.3 Å². The summed E-state index contributed by atoms with van der Waals surface area (Å²) in [6.07, 6.45) is 1.78. The van der Waals surface area contributed by atoms with Gasteiger partial charge in [-0.25, -0.2) is 4.79 Å². The van der Waals surface area contributed by atoms with Crippen LogP contribution in [0.4, 0.5) is 0 Å². The summed E-state index contributed by atoms with van der Waals surface area (Å²) in [6, 6.07) is 3.91. The molecule has 2 heterocycles. The molecule has 0 radical (unpaired) electrons. The molecule has 0 amide bonds. The van der Waals surface area contributed by atoms with Crippen molar-refractivity contribution in [3.8, 4) is 0 Å². The van der Waals surface area contributed by atoms with Gasteiger partial charge in [0.05, 0.1) is 18.3 Å². The molecule has 0 unspecified atom stereocenters. The number of hydrogen-bond donors (Lipinski definition) is 1. The minimum Gasteiger partial charge on any atom is -0.461 e. The molecule has 0 atom stereocenters. The number of nitrogens with one attached hydrogen (secondary N) is 1. The van der Waals surface area contributed by atoms with Gasteiger partial charge >= 0.3 is 5.97 Å². The van der Waals surface area contributed by atoms with Crippen LogP contribution in [0.1, 0.15) is 23.1 Å². The van der Waals surface area contributed by atoms with Crippen molar-refractivity contribution in [1.82, 2.24) is 14.8 Å². The smallest absolute Gasteiger partial charge is 0.355 e. The van der Waals surface area contributed by atoms with E-state index in [0.29, 0.717) is 12.3 Å². The lowest BCUT2D eigenvalue weighted by Crippen LogP contribution is -2.10. The summed E-state index contributed by atoms with van der Waals surface area (Å²) in [7, 11) is 1.88. The third-order valence-electron chi connectivity index (χ3n) is 3.54. The fourth-order valence-corrected chi connectivity index (χ4v) is 2.55. The lowest BCUT2D eigenvalue weighted by Gasteiger charge is -2.04. The van der Waals surface area contributed by atoms with Crippen LogP contribution in [0, 0.1) is 6.92 Å². The van der Waals surface area contributed by atoms with Crippen LogP contribution in [0.25, 0.3) is 21.7 Å². The Morgan fingerprint density at radius 3 is 3.00 bits per heavy atom. The SMILES string of the molecule is CCOC(=O)c1c2ccc3cn[nH]c3c2c(C)n1C.